The second-order valence-corrected chi connectivity index (χ2v) is 4.69. The maximum Gasteiger partial charge on any atom is 0.269 e. The van der Waals surface area contributed by atoms with Gasteiger partial charge in [0, 0.05) is 29.5 Å². The van der Waals surface area contributed by atoms with Crippen LogP contribution in [0.2, 0.25) is 0 Å². The van der Waals surface area contributed by atoms with Crippen LogP contribution in [0.1, 0.15) is 11.1 Å². The van der Waals surface area contributed by atoms with Gasteiger partial charge in [-0.1, -0.05) is 12.1 Å². The van der Waals surface area contributed by atoms with Crippen molar-refractivity contribution in [2.45, 2.75) is 6.92 Å². The minimum atomic E-state index is -0.533. The number of amides is 1. The lowest BCUT2D eigenvalue weighted by atomic mass is 10.1. The molecule has 0 radical (unpaired) electrons. The summed E-state index contributed by atoms with van der Waals surface area (Å²) in [5, 5.41) is 23.1. The Morgan fingerprint density at radius 2 is 1.91 bits per heavy atom. The Labute approximate surface area is 126 Å². The number of aryl methyl sites for hydroxylation is 1. The van der Waals surface area contributed by atoms with E-state index in [1.165, 1.54) is 24.3 Å². The van der Waals surface area contributed by atoms with Crippen LogP contribution in [0, 0.1) is 17.0 Å². The number of aliphatic hydroxyl groups excluding tert-OH is 1. The van der Waals surface area contributed by atoms with Crippen molar-refractivity contribution >= 4 is 23.0 Å². The number of non-ortho nitro benzene ring substituents is 1. The summed E-state index contributed by atoms with van der Waals surface area (Å²) in [4.78, 5) is 21.8. The average Bonchev–Trinajstić information content (AvgIpc) is 2.47. The van der Waals surface area contributed by atoms with Crippen LogP contribution in [-0.2, 0) is 4.79 Å². The Hall–Kier alpha value is -3.15. The average molecular weight is 298 g/mol. The molecule has 0 saturated carbocycles. The van der Waals surface area contributed by atoms with Crippen LogP contribution in [0.15, 0.2) is 54.6 Å². The largest absolute Gasteiger partial charge is 0.507 e. The van der Waals surface area contributed by atoms with Crippen LogP contribution >= 0.6 is 0 Å². The highest BCUT2D eigenvalue weighted by atomic mass is 16.6. The van der Waals surface area contributed by atoms with Crippen molar-refractivity contribution in [1.29, 1.82) is 0 Å². The lowest BCUT2D eigenvalue weighted by Gasteiger charge is -2.04. The molecule has 0 heterocycles. The molecule has 0 fully saturated rings. The van der Waals surface area contributed by atoms with Crippen molar-refractivity contribution in [2.75, 3.05) is 5.32 Å². The first-order valence-electron chi connectivity index (χ1n) is 6.49. The van der Waals surface area contributed by atoms with Gasteiger partial charge in [0.25, 0.3) is 11.6 Å². The Kier molecular flexibility index (Phi) is 4.53. The van der Waals surface area contributed by atoms with Gasteiger partial charge in [-0.2, -0.15) is 0 Å². The fraction of sp³-hybridized carbons (Fsp3) is 0.0625. The number of carbonyl (C=O) groups excluding carboxylic acids is 1. The fourth-order valence-corrected chi connectivity index (χ4v) is 1.86. The standard InChI is InChI=1S/C16H14N2O4/c1-11-3-2-4-13(9-11)17-16(20)10-15(19)12-5-7-14(8-6-12)18(21)22/h2-10,19H,1H3,(H,17,20)/b15-10-. The highest BCUT2D eigenvalue weighted by Gasteiger charge is 2.08. The number of nitrogens with one attached hydrogen (secondary N) is 1. The summed E-state index contributed by atoms with van der Waals surface area (Å²) in [6.07, 6.45) is 1.03. The summed E-state index contributed by atoms with van der Waals surface area (Å²) in [7, 11) is 0. The molecule has 2 N–H and O–H groups in total. The van der Waals surface area contributed by atoms with Crippen LogP contribution in [-0.4, -0.2) is 15.9 Å². The molecule has 6 heteroatoms. The van der Waals surface area contributed by atoms with Crippen molar-refractivity contribution in [3.63, 3.8) is 0 Å². The molecule has 0 unspecified atom stereocenters. The lowest BCUT2D eigenvalue weighted by molar-refractivity contribution is -0.384. The number of nitro benzene ring substituents is 1. The van der Waals surface area contributed by atoms with Crippen molar-refractivity contribution in [2.24, 2.45) is 0 Å². The zero-order chi connectivity index (χ0) is 16.1. The molecule has 2 aromatic carbocycles. The van der Waals surface area contributed by atoms with Crippen LogP contribution in [0.25, 0.3) is 5.76 Å². The minimum Gasteiger partial charge on any atom is -0.507 e. The molecule has 6 nitrogen and oxygen atoms in total. The van der Waals surface area contributed by atoms with E-state index in [0.717, 1.165) is 11.6 Å². The normalized spacial score (nSPS) is 11.0. The number of rotatable bonds is 4. The Bertz CT molecular complexity index is 736. The topological polar surface area (TPSA) is 92.5 Å². The van der Waals surface area contributed by atoms with E-state index < -0.39 is 10.8 Å². The van der Waals surface area contributed by atoms with Gasteiger partial charge >= 0.3 is 0 Å². The van der Waals surface area contributed by atoms with E-state index in [1.807, 2.05) is 19.1 Å². The summed E-state index contributed by atoms with van der Waals surface area (Å²) < 4.78 is 0. The van der Waals surface area contributed by atoms with Crippen LogP contribution < -0.4 is 5.32 Å². The van der Waals surface area contributed by atoms with Gasteiger partial charge in [0.1, 0.15) is 5.76 Å². The van der Waals surface area contributed by atoms with Gasteiger partial charge in [0.05, 0.1) is 4.92 Å². The Morgan fingerprint density at radius 3 is 2.50 bits per heavy atom. The Balaban J connectivity index is 2.10. The summed E-state index contributed by atoms with van der Waals surface area (Å²) in [6, 6.07) is 12.5. The van der Waals surface area contributed by atoms with E-state index in [4.69, 9.17) is 0 Å². The number of hydrogen-bond acceptors (Lipinski definition) is 4. The summed E-state index contributed by atoms with van der Waals surface area (Å²) in [5.74, 6) is -0.749. The summed E-state index contributed by atoms with van der Waals surface area (Å²) in [6.45, 7) is 1.90. The van der Waals surface area contributed by atoms with E-state index in [1.54, 1.807) is 12.1 Å². The second-order valence-electron chi connectivity index (χ2n) is 4.69. The third-order valence-corrected chi connectivity index (χ3v) is 2.93. The molecule has 22 heavy (non-hydrogen) atoms. The molecule has 0 spiro atoms. The monoisotopic (exact) mass is 298 g/mol. The summed E-state index contributed by atoms with van der Waals surface area (Å²) in [5.41, 5.74) is 1.87. The Morgan fingerprint density at radius 1 is 1.23 bits per heavy atom. The molecule has 0 aromatic heterocycles. The minimum absolute atomic E-state index is 0.0826. The molecule has 2 aromatic rings. The predicted molar refractivity (Wildman–Crippen MR) is 83.5 cm³/mol. The van der Waals surface area contributed by atoms with Crippen molar-refractivity contribution in [3.05, 3.63) is 75.8 Å². The van der Waals surface area contributed by atoms with Crippen molar-refractivity contribution in [1.82, 2.24) is 0 Å². The number of benzene rings is 2. The molecular weight excluding hydrogens is 284 g/mol. The number of anilines is 1. The van der Waals surface area contributed by atoms with Crippen molar-refractivity contribution in [3.8, 4) is 0 Å². The first-order valence-corrected chi connectivity index (χ1v) is 6.49. The number of carbonyl (C=O) groups is 1. The SMILES string of the molecule is Cc1cccc(NC(=O)/C=C(\O)c2ccc([N+](=O)[O-])cc2)c1. The highest BCUT2D eigenvalue weighted by Crippen LogP contribution is 2.17. The molecule has 0 aliphatic carbocycles. The fourth-order valence-electron chi connectivity index (χ4n) is 1.86. The van der Waals surface area contributed by atoms with Gasteiger partial charge in [0.2, 0.25) is 0 Å². The van der Waals surface area contributed by atoms with E-state index >= 15 is 0 Å². The molecule has 0 aliphatic heterocycles. The number of nitro groups is 1. The van der Waals surface area contributed by atoms with Gasteiger partial charge in [-0.05, 0) is 36.8 Å². The van der Waals surface area contributed by atoms with Crippen LogP contribution in [0.5, 0.6) is 0 Å². The zero-order valence-electron chi connectivity index (χ0n) is 11.8. The molecule has 1 amide bonds. The smallest absolute Gasteiger partial charge is 0.269 e. The van der Waals surface area contributed by atoms with E-state index in [0.29, 0.717) is 11.3 Å². The maximum atomic E-state index is 11.8. The number of hydrogen-bond donors (Lipinski definition) is 2. The molecule has 0 aliphatic rings. The molecule has 0 atom stereocenters. The zero-order valence-corrected chi connectivity index (χ0v) is 11.8. The van der Waals surface area contributed by atoms with Gasteiger partial charge in [-0.15, -0.1) is 0 Å². The van der Waals surface area contributed by atoms with E-state index in [9.17, 15) is 20.0 Å². The van der Waals surface area contributed by atoms with Crippen LogP contribution in [0.3, 0.4) is 0 Å². The summed E-state index contributed by atoms with van der Waals surface area (Å²) >= 11 is 0. The van der Waals surface area contributed by atoms with Gasteiger partial charge in [0.15, 0.2) is 0 Å². The number of nitrogens with zero attached hydrogens (tertiary/aromatic N) is 1. The third-order valence-electron chi connectivity index (χ3n) is 2.93. The molecule has 112 valence electrons. The highest BCUT2D eigenvalue weighted by molar-refractivity contribution is 6.03. The van der Waals surface area contributed by atoms with E-state index in [2.05, 4.69) is 5.32 Å². The number of aliphatic hydroxyl groups is 1. The van der Waals surface area contributed by atoms with Gasteiger partial charge in [-0.25, -0.2) is 0 Å². The van der Waals surface area contributed by atoms with E-state index in [-0.39, 0.29) is 11.4 Å². The quantitative estimate of drug-likeness (QED) is 0.391. The molecule has 2 rings (SSSR count). The first kappa shape index (κ1) is 15.2. The lowest BCUT2D eigenvalue weighted by Crippen LogP contribution is -2.08. The predicted octanol–water partition coefficient (Wildman–Crippen LogP) is 3.44. The third kappa shape index (κ3) is 3.92. The van der Waals surface area contributed by atoms with Crippen molar-refractivity contribution < 1.29 is 14.8 Å². The maximum absolute atomic E-state index is 11.8. The van der Waals surface area contributed by atoms with Gasteiger partial charge < -0.3 is 10.4 Å². The van der Waals surface area contributed by atoms with Gasteiger partial charge in [-0.3, -0.25) is 14.9 Å². The van der Waals surface area contributed by atoms with Crippen LogP contribution in [0.4, 0.5) is 11.4 Å². The first-order chi connectivity index (χ1) is 10.5. The molecule has 0 saturated heterocycles. The molecule has 0 bridgehead atoms. The molecular formula is C16H14N2O4. The second kappa shape index (κ2) is 6.53.